The summed E-state index contributed by atoms with van der Waals surface area (Å²) in [5, 5.41) is 18.9. The van der Waals surface area contributed by atoms with E-state index >= 15 is 0 Å². The second-order valence-electron chi connectivity index (χ2n) is 4.83. The molecule has 0 aromatic heterocycles. The van der Waals surface area contributed by atoms with Gasteiger partial charge in [-0.05, 0) is 49.3 Å². The summed E-state index contributed by atoms with van der Waals surface area (Å²) >= 11 is 5.95. The molecule has 1 aliphatic rings. The predicted molar refractivity (Wildman–Crippen MR) is 68.3 cm³/mol. The Morgan fingerprint density at radius 3 is 2.61 bits per heavy atom. The molecule has 0 atom stereocenters. The van der Waals surface area contributed by atoms with Crippen LogP contribution in [-0.4, -0.2) is 11.1 Å². The van der Waals surface area contributed by atoms with Gasteiger partial charge in [-0.25, -0.2) is 0 Å². The Labute approximate surface area is 111 Å². The number of nitrogens with zero attached hydrogens (tertiary/aromatic N) is 1. The summed E-state index contributed by atoms with van der Waals surface area (Å²) in [5.41, 5.74) is -0.0471. The number of carboxylic acids is 1. The molecule has 3 nitrogen and oxygen atoms in total. The van der Waals surface area contributed by atoms with Crippen molar-refractivity contribution in [2.45, 2.75) is 31.6 Å². The minimum absolute atomic E-state index is 0.310. The van der Waals surface area contributed by atoms with Crippen LogP contribution < -0.4 is 0 Å². The van der Waals surface area contributed by atoms with Crippen molar-refractivity contribution in [1.29, 1.82) is 5.26 Å². The highest BCUT2D eigenvalue weighted by Gasteiger charge is 2.42. The minimum Gasteiger partial charge on any atom is -0.480 e. The summed E-state index contributed by atoms with van der Waals surface area (Å²) in [7, 11) is 0. The lowest BCUT2D eigenvalue weighted by Gasteiger charge is -2.31. The smallest absolute Gasteiger partial charge is 0.324 e. The molecule has 18 heavy (non-hydrogen) atoms. The molecule has 1 aromatic rings. The molecule has 1 N–H and O–H groups in total. The van der Waals surface area contributed by atoms with Gasteiger partial charge in [-0.15, -0.1) is 0 Å². The van der Waals surface area contributed by atoms with E-state index in [-0.39, 0.29) is 0 Å². The fraction of sp³-hybridized carbons (Fsp3) is 0.429. The Bertz CT molecular complexity index is 499. The van der Waals surface area contributed by atoms with Gasteiger partial charge in [-0.3, -0.25) is 4.79 Å². The minimum atomic E-state index is -1.19. The highest BCUT2D eigenvalue weighted by Crippen LogP contribution is 2.43. The first kappa shape index (κ1) is 12.9. The number of halogens is 1. The van der Waals surface area contributed by atoms with Crippen LogP contribution in [0, 0.1) is 16.7 Å². The van der Waals surface area contributed by atoms with E-state index in [1.807, 2.05) is 30.3 Å². The number of carboxylic acid groups (broad SMARTS) is 1. The second-order valence-corrected chi connectivity index (χ2v) is 5.26. The fourth-order valence-electron chi connectivity index (χ4n) is 2.58. The molecular weight excluding hydrogens is 250 g/mol. The standard InChI is InChI=1S/C14H14ClNO2/c15-12-3-1-2-11(8-12)10-4-6-14(9-16,7-5-10)13(17)18/h1-3,8,10H,4-7H2,(H,17,18). The van der Waals surface area contributed by atoms with E-state index in [9.17, 15) is 4.79 Å². The van der Waals surface area contributed by atoms with Crippen LogP contribution in [0.25, 0.3) is 0 Å². The van der Waals surface area contributed by atoms with Gasteiger partial charge in [-0.1, -0.05) is 23.7 Å². The maximum absolute atomic E-state index is 11.2. The third kappa shape index (κ3) is 2.34. The van der Waals surface area contributed by atoms with E-state index in [0.29, 0.717) is 23.8 Å². The molecule has 4 heteroatoms. The third-order valence-electron chi connectivity index (χ3n) is 3.78. The molecule has 1 saturated carbocycles. The molecule has 0 amide bonds. The largest absolute Gasteiger partial charge is 0.480 e. The van der Waals surface area contributed by atoms with Gasteiger partial charge in [0.25, 0.3) is 0 Å². The van der Waals surface area contributed by atoms with Gasteiger partial charge in [0.15, 0.2) is 5.41 Å². The number of hydrogen-bond donors (Lipinski definition) is 1. The topological polar surface area (TPSA) is 61.1 Å². The lowest BCUT2D eigenvalue weighted by Crippen LogP contribution is -2.33. The SMILES string of the molecule is N#CC1(C(=O)O)CCC(c2cccc(Cl)c2)CC1. The van der Waals surface area contributed by atoms with Crippen LogP contribution >= 0.6 is 11.6 Å². The molecule has 0 unspecified atom stereocenters. The van der Waals surface area contributed by atoms with Crippen LogP contribution in [0.5, 0.6) is 0 Å². The average Bonchev–Trinajstić information content (AvgIpc) is 2.38. The first-order valence-corrected chi connectivity index (χ1v) is 6.35. The molecule has 94 valence electrons. The molecule has 0 heterocycles. The molecule has 0 bridgehead atoms. The number of benzene rings is 1. The monoisotopic (exact) mass is 263 g/mol. The van der Waals surface area contributed by atoms with Crippen LogP contribution in [0.2, 0.25) is 5.02 Å². The van der Waals surface area contributed by atoms with Gasteiger partial charge in [0.05, 0.1) is 6.07 Å². The van der Waals surface area contributed by atoms with Crippen molar-refractivity contribution in [3.63, 3.8) is 0 Å². The van der Waals surface area contributed by atoms with Crippen molar-refractivity contribution in [2.75, 3.05) is 0 Å². The number of nitriles is 1. The van der Waals surface area contributed by atoms with Gasteiger partial charge in [-0.2, -0.15) is 5.26 Å². The van der Waals surface area contributed by atoms with Crippen molar-refractivity contribution < 1.29 is 9.90 Å². The molecule has 1 aromatic carbocycles. The van der Waals surface area contributed by atoms with Crippen LogP contribution in [0.3, 0.4) is 0 Å². The predicted octanol–water partition coefficient (Wildman–Crippen LogP) is 3.59. The number of aliphatic carboxylic acids is 1. The fourth-order valence-corrected chi connectivity index (χ4v) is 2.78. The molecule has 1 fully saturated rings. The van der Waals surface area contributed by atoms with Gasteiger partial charge in [0.1, 0.15) is 0 Å². The molecular formula is C14H14ClNO2. The Kier molecular flexibility index (Phi) is 3.58. The maximum Gasteiger partial charge on any atom is 0.324 e. The van der Waals surface area contributed by atoms with E-state index in [4.69, 9.17) is 22.0 Å². The Balaban J connectivity index is 2.12. The quantitative estimate of drug-likeness (QED) is 0.887. The normalized spacial score (nSPS) is 27.4. The Hall–Kier alpha value is -1.53. The van der Waals surface area contributed by atoms with E-state index < -0.39 is 11.4 Å². The summed E-state index contributed by atoms with van der Waals surface area (Å²) < 4.78 is 0. The van der Waals surface area contributed by atoms with E-state index in [0.717, 1.165) is 18.4 Å². The van der Waals surface area contributed by atoms with E-state index in [1.165, 1.54) is 0 Å². The molecule has 2 rings (SSSR count). The van der Waals surface area contributed by atoms with Gasteiger partial charge < -0.3 is 5.11 Å². The second kappa shape index (κ2) is 4.99. The van der Waals surface area contributed by atoms with E-state index in [2.05, 4.69) is 0 Å². The molecule has 0 radical (unpaired) electrons. The zero-order chi connectivity index (χ0) is 13.2. The van der Waals surface area contributed by atoms with Gasteiger partial charge in [0, 0.05) is 5.02 Å². The highest BCUT2D eigenvalue weighted by molar-refractivity contribution is 6.30. The summed E-state index contributed by atoms with van der Waals surface area (Å²) in [4.78, 5) is 11.2. The molecule has 0 aliphatic heterocycles. The summed E-state index contributed by atoms with van der Waals surface area (Å²) in [6.45, 7) is 0. The Morgan fingerprint density at radius 1 is 1.44 bits per heavy atom. The van der Waals surface area contributed by atoms with Crippen LogP contribution in [0.1, 0.15) is 37.2 Å². The third-order valence-corrected chi connectivity index (χ3v) is 4.02. The Morgan fingerprint density at radius 2 is 2.11 bits per heavy atom. The summed E-state index contributed by atoms with van der Waals surface area (Å²) in [6, 6.07) is 9.64. The number of hydrogen-bond acceptors (Lipinski definition) is 2. The van der Waals surface area contributed by atoms with Crippen LogP contribution in [0.4, 0.5) is 0 Å². The van der Waals surface area contributed by atoms with E-state index in [1.54, 1.807) is 0 Å². The van der Waals surface area contributed by atoms with Gasteiger partial charge in [0.2, 0.25) is 0 Å². The molecule has 0 spiro atoms. The van der Waals surface area contributed by atoms with Crippen LogP contribution in [0.15, 0.2) is 24.3 Å². The summed E-state index contributed by atoms with van der Waals surface area (Å²) in [6.07, 6.45) is 2.27. The number of rotatable bonds is 2. The van der Waals surface area contributed by atoms with Crippen molar-refractivity contribution in [3.05, 3.63) is 34.9 Å². The number of carbonyl (C=O) groups is 1. The zero-order valence-corrected chi connectivity index (χ0v) is 10.7. The van der Waals surface area contributed by atoms with Crippen molar-refractivity contribution >= 4 is 17.6 Å². The first-order chi connectivity index (χ1) is 8.57. The van der Waals surface area contributed by atoms with Crippen molar-refractivity contribution in [3.8, 4) is 6.07 Å². The highest BCUT2D eigenvalue weighted by atomic mass is 35.5. The lowest BCUT2D eigenvalue weighted by atomic mass is 9.70. The van der Waals surface area contributed by atoms with Crippen molar-refractivity contribution in [1.82, 2.24) is 0 Å². The van der Waals surface area contributed by atoms with Gasteiger partial charge >= 0.3 is 5.97 Å². The zero-order valence-electron chi connectivity index (χ0n) is 9.90. The summed E-state index contributed by atoms with van der Waals surface area (Å²) in [5.74, 6) is -0.681. The molecule has 1 aliphatic carbocycles. The van der Waals surface area contributed by atoms with Crippen molar-refractivity contribution in [2.24, 2.45) is 5.41 Å². The van der Waals surface area contributed by atoms with Crippen LogP contribution in [-0.2, 0) is 4.79 Å². The lowest BCUT2D eigenvalue weighted by molar-refractivity contribution is -0.147. The first-order valence-electron chi connectivity index (χ1n) is 5.97. The average molecular weight is 264 g/mol. The maximum atomic E-state index is 11.2. The molecule has 0 saturated heterocycles.